The van der Waals surface area contributed by atoms with E-state index in [1.165, 1.54) is 28.6 Å². The van der Waals surface area contributed by atoms with Crippen molar-refractivity contribution in [2.24, 2.45) is 0 Å². The number of nitrogens with zero attached hydrogens (tertiary/aromatic N) is 5. The van der Waals surface area contributed by atoms with E-state index in [0.29, 0.717) is 10.8 Å². The predicted octanol–water partition coefficient (Wildman–Crippen LogP) is 1.29. The second-order valence-corrected chi connectivity index (χ2v) is 3.63. The lowest BCUT2D eigenvalue weighted by Gasteiger charge is -2.01. The second-order valence-electron chi connectivity index (χ2n) is 2.85. The Labute approximate surface area is 94.6 Å². The minimum Gasteiger partial charge on any atom is -0.258 e. The molecule has 0 saturated heterocycles. The van der Waals surface area contributed by atoms with Crippen molar-refractivity contribution in [3.8, 4) is 5.69 Å². The highest BCUT2D eigenvalue weighted by Gasteiger charge is 2.11. The molecule has 0 aliphatic rings. The molecule has 0 aliphatic heterocycles. The summed E-state index contributed by atoms with van der Waals surface area (Å²) in [6.07, 6.45) is 1.83. The van der Waals surface area contributed by atoms with Crippen LogP contribution in [-0.2, 0) is 0 Å². The summed E-state index contributed by atoms with van der Waals surface area (Å²) in [5.41, 5.74) is 0.587. The first-order valence-corrected chi connectivity index (χ1v) is 5.52. The van der Waals surface area contributed by atoms with Crippen molar-refractivity contribution in [1.29, 1.82) is 0 Å². The summed E-state index contributed by atoms with van der Waals surface area (Å²) in [7, 11) is 0. The number of hydrogen-bond donors (Lipinski definition) is 0. The lowest BCUT2D eigenvalue weighted by Crippen LogP contribution is -1.99. The Balaban J connectivity index is 2.48. The van der Waals surface area contributed by atoms with Gasteiger partial charge in [0.1, 0.15) is 0 Å². The summed E-state index contributed by atoms with van der Waals surface area (Å²) in [6.45, 7) is 0. The maximum Gasteiger partial charge on any atom is 0.271 e. The number of non-ortho nitro benzene ring substituents is 1. The number of tetrazole rings is 1. The number of aromatic nitrogens is 4. The van der Waals surface area contributed by atoms with Crippen LogP contribution in [0.2, 0.25) is 0 Å². The van der Waals surface area contributed by atoms with Crippen LogP contribution in [0.5, 0.6) is 0 Å². The quantitative estimate of drug-likeness (QED) is 0.454. The number of thioether (sulfide) groups is 1. The standard InChI is InChI=1S/C8H7N5O2S/c1-16-8-9-10-11-12(8)6-3-2-4-7(5-6)13(14)15/h2-5H,1H3. The molecular formula is C8H7N5O2S. The van der Waals surface area contributed by atoms with Gasteiger partial charge in [-0.2, -0.15) is 4.68 Å². The van der Waals surface area contributed by atoms with Gasteiger partial charge in [-0.05, 0) is 22.7 Å². The van der Waals surface area contributed by atoms with Gasteiger partial charge in [0.15, 0.2) is 0 Å². The van der Waals surface area contributed by atoms with E-state index in [9.17, 15) is 10.1 Å². The Morgan fingerprint density at radius 1 is 1.50 bits per heavy atom. The molecule has 1 heterocycles. The molecule has 7 nitrogen and oxygen atoms in total. The number of benzene rings is 1. The first-order valence-electron chi connectivity index (χ1n) is 4.29. The maximum atomic E-state index is 10.6. The minimum absolute atomic E-state index is 0.0139. The van der Waals surface area contributed by atoms with Crippen molar-refractivity contribution in [3.63, 3.8) is 0 Å². The Hall–Kier alpha value is -1.96. The van der Waals surface area contributed by atoms with E-state index in [1.807, 2.05) is 6.26 Å². The summed E-state index contributed by atoms with van der Waals surface area (Å²) in [5.74, 6) is 0. The highest BCUT2D eigenvalue weighted by atomic mass is 32.2. The molecule has 2 aromatic rings. The molecule has 0 aliphatic carbocycles. The van der Waals surface area contributed by atoms with Crippen molar-refractivity contribution < 1.29 is 4.92 Å². The van der Waals surface area contributed by atoms with Crippen LogP contribution < -0.4 is 0 Å². The van der Waals surface area contributed by atoms with Gasteiger partial charge in [0.05, 0.1) is 10.6 Å². The fourth-order valence-electron chi connectivity index (χ4n) is 1.21. The predicted molar refractivity (Wildman–Crippen MR) is 57.6 cm³/mol. The lowest BCUT2D eigenvalue weighted by atomic mass is 10.3. The molecule has 1 aromatic carbocycles. The zero-order chi connectivity index (χ0) is 11.5. The Bertz CT molecular complexity index is 527. The van der Waals surface area contributed by atoms with Gasteiger partial charge >= 0.3 is 0 Å². The topological polar surface area (TPSA) is 86.7 Å². The zero-order valence-corrected chi connectivity index (χ0v) is 9.09. The number of hydrogen-bond acceptors (Lipinski definition) is 6. The molecule has 1 aromatic heterocycles. The summed E-state index contributed by atoms with van der Waals surface area (Å²) < 4.78 is 1.46. The molecular weight excluding hydrogens is 230 g/mol. The van der Waals surface area contributed by atoms with E-state index in [-0.39, 0.29) is 5.69 Å². The van der Waals surface area contributed by atoms with Gasteiger partial charge in [-0.25, -0.2) is 0 Å². The molecule has 0 atom stereocenters. The summed E-state index contributed by atoms with van der Waals surface area (Å²) in [4.78, 5) is 10.2. The minimum atomic E-state index is -0.452. The summed E-state index contributed by atoms with van der Waals surface area (Å²) in [5, 5.41) is 22.3. The molecule has 0 saturated carbocycles. The van der Waals surface area contributed by atoms with E-state index in [4.69, 9.17) is 0 Å². The summed E-state index contributed by atoms with van der Waals surface area (Å²) in [6, 6.07) is 6.16. The van der Waals surface area contributed by atoms with E-state index >= 15 is 0 Å². The van der Waals surface area contributed by atoms with Crippen LogP contribution in [0.25, 0.3) is 5.69 Å². The molecule has 0 unspecified atom stereocenters. The normalized spacial score (nSPS) is 10.3. The zero-order valence-electron chi connectivity index (χ0n) is 8.27. The van der Waals surface area contributed by atoms with Crippen molar-refractivity contribution >= 4 is 17.4 Å². The summed E-state index contributed by atoms with van der Waals surface area (Å²) >= 11 is 1.37. The molecule has 0 bridgehead atoms. The fraction of sp³-hybridized carbons (Fsp3) is 0.125. The third kappa shape index (κ3) is 1.87. The lowest BCUT2D eigenvalue weighted by molar-refractivity contribution is -0.384. The first-order chi connectivity index (χ1) is 7.72. The van der Waals surface area contributed by atoms with Crippen molar-refractivity contribution in [2.45, 2.75) is 5.16 Å². The Kier molecular flexibility index (Phi) is 2.82. The molecule has 0 spiro atoms. The van der Waals surface area contributed by atoms with Gasteiger partial charge in [0.25, 0.3) is 5.69 Å². The van der Waals surface area contributed by atoms with Gasteiger partial charge < -0.3 is 0 Å². The van der Waals surface area contributed by atoms with Crippen molar-refractivity contribution in [3.05, 3.63) is 34.4 Å². The van der Waals surface area contributed by atoms with Crippen molar-refractivity contribution in [2.75, 3.05) is 6.26 Å². The second kappa shape index (κ2) is 4.27. The van der Waals surface area contributed by atoms with E-state index in [2.05, 4.69) is 15.5 Å². The molecule has 16 heavy (non-hydrogen) atoms. The van der Waals surface area contributed by atoms with Crippen LogP contribution in [0.4, 0.5) is 5.69 Å². The van der Waals surface area contributed by atoms with Crippen LogP contribution in [0, 0.1) is 10.1 Å². The Morgan fingerprint density at radius 2 is 2.31 bits per heavy atom. The highest BCUT2D eigenvalue weighted by molar-refractivity contribution is 7.98. The average Bonchev–Trinajstić information content (AvgIpc) is 2.77. The van der Waals surface area contributed by atoms with Gasteiger partial charge in [0.2, 0.25) is 5.16 Å². The molecule has 82 valence electrons. The van der Waals surface area contributed by atoms with Gasteiger partial charge in [-0.1, -0.05) is 17.8 Å². The number of nitro benzene ring substituents is 1. The van der Waals surface area contributed by atoms with E-state index in [0.717, 1.165) is 0 Å². The van der Waals surface area contributed by atoms with E-state index < -0.39 is 4.92 Å². The smallest absolute Gasteiger partial charge is 0.258 e. The number of rotatable bonds is 3. The molecule has 0 amide bonds. The third-order valence-corrected chi connectivity index (χ3v) is 2.53. The SMILES string of the molecule is CSc1nnnn1-c1cccc([N+](=O)[O-])c1. The molecule has 0 radical (unpaired) electrons. The average molecular weight is 237 g/mol. The van der Waals surface area contributed by atoms with Crippen molar-refractivity contribution in [1.82, 2.24) is 20.2 Å². The van der Waals surface area contributed by atoms with Crippen LogP contribution in [0.1, 0.15) is 0 Å². The maximum absolute atomic E-state index is 10.6. The Morgan fingerprint density at radius 3 is 3.00 bits per heavy atom. The number of nitro groups is 1. The molecule has 0 fully saturated rings. The fourth-order valence-corrected chi connectivity index (χ4v) is 1.64. The highest BCUT2D eigenvalue weighted by Crippen LogP contribution is 2.19. The third-order valence-electron chi connectivity index (χ3n) is 1.91. The van der Waals surface area contributed by atoms with Gasteiger partial charge in [-0.15, -0.1) is 5.10 Å². The first kappa shape index (κ1) is 10.6. The largest absolute Gasteiger partial charge is 0.271 e. The molecule has 8 heteroatoms. The van der Waals surface area contributed by atoms with Gasteiger partial charge in [0, 0.05) is 12.1 Å². The van der Waals surface area contributed by atoms with Crippen LogP contribution in [0.3, 0.4) is 0 Å². The monoisotopic (exact) mass is 237 g/mol. The van der Waals surface area contributed by atoms with Crippen LogP contribution in [-0.4, -0.2) is 31.4 Å². The molecule has 0 N–H and O–H groups in total. The van der Waals surface area contributed by atoms with Crippen LogP contribution >= 0.6 is 11.8 Å². The van der Waals surface area contributed by atoms with E-state index in [1.54, 1.807) is 12.1 Å². The van der Waals surface area contributed by atoms with Crippen LogP contribution in [0.15, 0.2) is 29.4 Å². The molecule has 2 rings (SSSR count). The van der Waals surface area contributed by atoms with Gasteiger partial charge in [-0.3, -0.25) is 10.1 Å².